The molecule has 0 spiro atoms. The molecule has 21 heavy (non-hydrogen) atoms. The zero-order valence-corrected chi connectivity index (χ0v) is 13.2. The van der Waals surface area contributed by atoms with Gasteiger partial charge >= 0.3 is 5.97 Å². The second kappa shape index (κ2) is 10.2. The standard InChI is InChI=1S/C18H27NO2/c1-3-5-12-19(13-6-4-2)15-17-9-7-8-16(14-17)10-11-18(20)21/h7-11,14H,3-6,12-13,15H2,1-2H3,(H,20,21). The van der Waals surface area contributed by atoms with E-state index in [9.17, 15) is 4.79 Å². The minimum Gasteiger partial charge on any atom is -0.478 e. The normalized spacial score (nSPS) is 11.4. The molecule has 1 rings (SSSR count). The minimum atomic E-state index is -0.909. The van der Waals surface area contributed by atoms with Crippen molar-refractivity contribution >= 4 is 12.0 Å². The molecule has 1 aromatic rings. The lowest BCUT2D eigenvalue weighted by atomic mass is 10.1. The zero-order chi connectivity index (χ0) is 15.5. The Hall–Kier alpha value is -1.61. The lowest BCUT2D eigenvalue weighted by Gasteiger charge is -2.22. The van der Waals surface area contributed by atoms with E-state index in [4.69, 9.17) is 5.11 Å². The van der Waals surface area contributed by atoms with E-state index in [0.29, 0.717) is 0 Å². The molecule has 0 aliphatic heterocycles. The molecule has 0 atom stereocenters. The number of carbonyl (C=O) groups is 1. The van der Waals surface area contributed by atoms with Crippen molar-refractivity contribution < 1.29 is 9.90 Å². The van der Waals surface area contributed by atoms with Gasteiger partial charge in [-0.1, -0.05) is 51.0 Å². The van der Waals surface area contributed by atoms with Gasteiger partial charge in [-0.25, -0.2) is 4.79 Å². The Morgan fingerprint density at radius 1 is 1.19 bits per heavy atom. The van der Waals surface area contributed by atoms with E-state index in [1.54, 1.807) is 6.08 Å². The molecule has 0 radical (unpaired) electrons. The van der Waals surface area contributed by atoms with Crippen LogP contribution in [-0.2, 0) is 11.3 Å². The second-order valence-corrected chi connectivity index (χ2v) is 5.40. The minimum absolute atomic E-state index is 0.909. The van der Waals surface area contributed by atoms with Gasteiger partial charge in [-0.2, -0.15) is 0 Å². The van der Waals surface area contributed by atoms with Gasteiger partial charge in [0.25, 0.3) is 0 Å². The fourth-order valence-electron chi connectivity index (χ4n) is 2.25. The molecule has 3 nitrogen and oxygen atoms in total. The van der Waals surface area contributed by atoms with Gasteiger partial charge in [-0.3, -0.25) is 4.90 Å². The number of nitrogens with zero attached hydrogens (tertiary/aromatic N) is 1. The summed E-state index contributed by atoms with van der Waals surface area (Å²) >= 11 is 0. The van der Waals surface area contributed by atoms with Crippen LogP contribution >= 0.6 is 0 Å². The number of unbranched alkanes of at least 4 members (excludes halogenated alkanes) is 2. The topological polar surface area (TPSA) is 40.5 Å². The smallest absolute Gasteiger partial charge is 0.328 e. The summed E-state index contributed by atoms with van der Waals surface area (Å²) in [5, 5.41) is 8.69. The Balaban J connectivity index is 2.68. The molecule has 0 fully saturated rings. The number of benzene rings is 1. The number of hydrogen-bond acceptors (Lipinski definition) is 2. The summed E-state index contributed by atoms with van der Waals surface area (Å²) in [6, 6.07) is 8.12. The van der Waals surface area contributed by atoms with Crippen LogP contribution < -0.4 is 0 Å². The molecule has 0 amide bonds. The van der Waals surface area contributed by atoms with Crippen molar-refractivity contribution in [3.8, 4) is 0 Å². The molecule has 0 aliphatic carbocycles. The fourth-order valence-corrected chi connectivity index (χ4v) is 2.25. The van der Waals surface area contributed by atoms with Gasteiger partial charge in [0.05, 0.1) is 0 Å². The van der Waals surface area contributed by atoms with E-state index in [1.165, 1.54) is 37.3 Å². The third-order valence-electron chi connectivity index (χ3n) is 3.43. The predicted molar refractivity (Wildman–Crippen MR) is 88.2 cm³/mol. The van der Waals surface area contributed by atoms with Crippen LogP contribution in [0.4, 0.5) is 0 Å². The maximum atomic E-state index is 10.6. The lowest BCUT2D eigenvalue weighted by Crippen LogP contribution is -2.25. The van der Waals surface area contributed by atoms with Crippen molar-refractivity contribution in [2.45, 2.75) is 46.1 Å². The Bertz CT molecular complexity index is 446. The average Bonchev–Trinajstić information content (AvgIpc) is 2.48. The van der Waals surface area contributed by atoms with Gasteiger partial charge in [-0.15, -0.1) is 0 Å². The Morgan fingerprint density at radius 3 is 2.43 bits per heavy atom. The van der Waals surface area contributed by atoms with Crippen LogP contribution in [0.3, 0.4) is 0 Å². The molecule has 1 aromatic carbocycles. The number of carboxylic acid groups (broad SMARTS) is 1. The van der Waals surface area contributed by atoms with Crippen LogP contribution in [0.5, 0.6) is 0 Å². The summed E-state index contributed by atoms with van der Waals surface area (Å²) in [4.78, 5) is 13.1. The lowest BCUT2D eigenvalue weighted by molar-refractivity contribution is -0.131. The molecule has 3 heteroatoms. The first-order valence-corrected chi connectivity index (χ1v) is 7.88. The van der Waals surface area contributed by atoms with Gasteiger partial charge < -0.3 is 5.11 Å². The Labute approximate surface area is 128 Å². The van der Waals surface area contributed by atoms with Crippen LogP contribution in [-0.4, -0.2) is 29.1 Å². The van der Waals surface area contributed by atoms with Crippen LogP contribution in [0.25, 0.3) is 6.08 Å². The average molecular weight is 289 g/mol. The fraction of sp³-hybridized carbons (Fsp3) is 0.500. The summed E-state index contributed by atoms with van der Waals surface area (Å²) in [7, 11) is 0. The molecule has 0 aliphatic rings. The van der Waals surface area contributed by atoms with Gasteiger partial charge in [0.15, 0.2) is 0 Å². The van der Waals surface area contributed by atoms with E-state index >= 15 is 0 Å². The molecule has 0 unspecified atom stereocenters. The third-order valence-corrected chi connectivity index (χ3v) is 3.43. The highest BCUT2D eigenvalue weighted by molar-refractivity contribution is 5.85. The van der Waals surface area contributed by atoms with Crippen LogP contribution in [0.15, 0.2) is 30.3 Å². The summed E-state index contributed by atoms with van der Waals surface area (Å²) in [5.74, 6) is -0.909. The predicted octanol–water partition coefficient (Wildman–Crippen LogP) is 4.19. The van der Waals surface area contributed by atoms with Gasteiger partial charge in [0, 0.05) is 12.6 Å². The molecule has 0 saturated heterocycles. The number of aliphatic carboxylic acids is 1. The van der Waals surface area contributed by atoms with Crippen molar-refractivity contribution in [2.75, 3.05) is 13.1 Å². The molecule has 1 N–H and O–H groups in total. The number of carboxylic acids is 1. The molecule has 0 aromatic heterocycles. The highest BCUT2D eigenvalue weighted by atomic mass is 16.4. The highest BCUT2D eigenvalue weighted by Crippen LogP contribution is 2.11. The van der Waals surface area contributed by atoms with E-state index in [1.807, 2.05) is 12.1 Å². The molecular weight excluding hydrogens is 262 g/mol. The van der Waals surface area contributed by atoms with Crippen LogP contribution in [0.2, 0.25) is 0 Å². The highest BCUT2D eigenvalue weighted by Gasteiger charge is 2.05. The second-order valence-electron chi connectivity index (χ2n) is 5.40. The SMILES string of the molecule is CCCCN(CCCC)Cc1cccc(C=CC(=O)O)c1. The van der Waals surface area contributed by atoms with E-state index in [2.05, 4.69) is 30.9 Å². The summed E-state index contributed by atoms with van der Waals surface area (Å²) in [6.07, 6.45) is 7.71. The van der Waals surface area contributed by atoms with Crippen molar-refractivity contribution in [1.82, 2.24) is 4.90 Å². The van der Waals surface area contributed by atoms with Crippen LogP contribution in [0, 0.1) is 0 Å². The van der Waals surface area contributed by atoms with Crippen molar-refractivity contribution in [3.05, 3.63) is 41.5 Å². The van der Waals surface area contributed by atoms with Crippen molar-refractivity contribution in [3.63, 3.8) is 0 Å². The molecule has 0 heterocycles. The molecule has 0 bridgehead atoms. The van der Waals surface area contributed by atoms with Crippen LogP contribution in [0.1, 0.15) is 50.7 Å². The van der Waals surface area contributed by atoms with E-state index in [-0.39, 0.29) is 0 Å². The van der Waals surface area contributed by atoms with Gasteiger partial charge in [0.2, 0.25) is 0 Å². The summed E-state index contributed by atoms with van der Waals surface area (Å²) < 4.78 is 0. The summed E-state index contributed by atoms with van der Waals surface area (Å²) in [6.45, 7) is 7.64. The zero-order valence-electron chi connectivity index (χ0n) is 13.2. The quantitative estimate of drug-likeness (QED) is 0.657. The number of hydrogen-bond donors (Lipinski definition) is 1. The number of rotatable bonds is 10. The molecular formula is C18H27NO2. The maximum Gasteiger partial charge on any atom is 0.328 e. The van der Waals surface area contributed by atoms with Crippen molar-refractivity contribution in [1.29, 1.82) is 0 Å². The first-order chi connectivity index (χ1) is 10.2. The Morgan fingerprint density at radius 2 is 1.86 bits per heavy atom. The first kappa shape index (κ1) is 17.4. The summed E-state index contributed by atoms with van der Waals surface area (Å²) in [5.41, 5.74) is 2.19. The van der Waals surface area contributed by atoms with Gasteiger partial charge in [-0.05, 0) is 43.1 Å². The third kappa shape index (κ3) is 7.66. The maximum absolute atomic E-state index is 10.6. The first-order valence-electron chi connectivity index (χ1n) is 7.88. The van der Waals surface area contributed by atoms with E-state index < -0.39 is 5.97 Å². The Kier molecular flexibility index (Phi) is 8.44. The van der Waals surface area contributed by atoms with Gasteiger partial charge in [0.1, 0.15) is 0 Å². The van der Waals surface area contributed by atoms with Crippen molar-refractivity contribution in [2.24, 2.45) is 0 Å². The van der Waals surface area contributed by atoms with E-state index in [0.717, 1.165) is 25.2 Å². The monoisotopic (exact) mass is 289 g/mol. The molecule has 0 saturated carbocycles. The molecule has 116 valence electrons. The largest absolute Gasteiger partial charge is 0.478 e.